The van der Waals surface area contributed by atoms with E-state index in [1.165, 1.54) is 27.9 Å². The lowest BCUT2D eigenvalue weighted by atomic mass is 10.3. The number of fused-ring (bicyclic) bond motifs is 1. The van der Waals surface area contributed by atoms with E-state index in [0.29, 0.717) is 24.0 Å². The number of nitrogens with one attached hydrogen (secondary N) is 2. The minimum absolute atomic E-state index is 0.101. The molecular weight excluding hydrogens is 388 g/mol. The van der Waals surface area contributed by atoms with E-state index in [1.54, 1.807) is 13.2 Å². The predicted octanol–water partition coefficient (Wildman–Crippen LogP) is 2.67. The quantitative estimate of drug-likeness (QED) is 0.678. The smallest absolute Gasteiger partial charge is 0.273 e. The summed E-state index contributed by atoms with van der Waals surface area (Å²) in [6.07, 6.45) is 3.07. The van der Waals surface area contributed by atoms with Gasteiger partial charge in [0, 0.05) is 19.3 Å². The summed E-state index contributed by atoms with van der Waals surface area (Å²) >= 11 is 1.32. The SMILES string of the molecule is COc1ccc2nc(NC(=O)c3cc(S(=O)(=O)N4CCCC4)c[nH]3)sc2c1. The van der Waals surface area contributed by atoms with Crippen molar-refractivity contribution in [3.05, 3.63) is 36.2 Å². The van der Waals surface area contributed by atoms with Crippen LogP contribution in [0.1, 0.15) is 23.3 Å². The summed E-state index contributed by atoms with van der Waals surface area (Å²) in [6, 6.07) is 6.82. The number of methoxy groups -OCH3 is 1. The molecule has 0 radical (unpaired) electrons. The molecule has 27 heavy (non-hydrogen) atoms. The highest BCUT2D eigenvalue weighted by molar-refractivity contribution is 7.89. The first-order chi connectivity index (χ1) is 13.0. The molecule has 0 spiro atoms. The Morgan fingerprint density at radius 1 is 1.30 bits per heavy atom. The highest BCUT2D eigenvalue weighted by Crippen LogP contribution is 2.29. The topological polar surface area (TPSA) is 104 Å². The van der Waals surface area contributed by atoms with Crippen molar-refractivity contribution < 1.29 is 17.9 Å². The van der Waals surface area contributed by atoms with Crippen LogP contribution in [0.4, 0.5) is 5.13 Å². The second-order valence-corrected chi connectivity index (χ2v) is 9.14. The monoisotopic (exact) mass is 406 g/mol. The van der Waals surface area contributed by atoms with Crippen LogP contribution in [0.2, 0.25) is 0 Å². The number of carbonyl (C=O) groups excluding carboxylic acids is 1. The molecule has 2 N–H and O–H groups in total. The molecule has 1 aliphatic rings. The molecule has 2 aromatic heterocycles. The third kappa shape index (κ3) is 3.43. The van der Waals surface area contributed by atoms with Crippen molar-refractivity contribution in [2.75, 3.05) is 25.5 Å². The zero-order chi connectivity index (χ0) is 19.0. The summed E-state index contributed by atoms with van der Waals surface area (Å²) < 4.78 is 32.6. The lowest BCUT2D eigenvalue weighted by Crippen LogP contribution is -2.27. The second kappa shape index (κ2) is 6.95. The predicted molar refractivity (Wildman–Crippen MR) is 103 cm³/mol. The number of rotatable bonds is 5. The maximum absolute atomic E-state index is 12.6. The number of thiazole rings is 1. The Morgan fingerprint density at radius 3 is 2.81 bits per heavy atom. The van der Waals surface area contributed by atoms with Gasteiger partial charge in [-0.1, -0.05) is 11.3 Å². The Morgan fingerprint density at radius 2 is 2.07 bits per heavy atom. The molecule has 1 aliphatic heterocycles. The first kappa shape index (κ1) is 18.0. The number of hydrogen-bond donors (Lipinski definition) is 2. The fourth-order valence-electron chi connectivity index (χ4n) is 2.98. The highest BCUT2D eigenvalue weighted by Gasteiger charge is 2.28. The van der Waals surface area contributed by atoms with Gasteiger partial charge in [0.05, 0.1) is 17.3 Å². The van der Waals surface area contributed by atoms with Gasteiger partial charge in [0.25, 0.3) is 5.91 Å². The Kier molecular flexibility index (Phi) is 4.62. The summed E-state index contributed by atoms with van der Waals surface area (Å²) in [5.41, 5.74) is 0.921. The van der Waals surface area contributed by atoms with Crippen LogP contribution in [0.15, 0.2) is 35.4 Å². The van der Waals surface area contributed by atoms with Crippen molar-refractivity contribution >= 4 is 42.6 Å². The molecule has 0 saturated carbocycles. The Labute approximate surface area is 160 Å². The molecule has 1 saturated heterocycles. The lowest BCUT2D eigenvalue weighted by molar-refractivity contribution is 0.102. The molecule has 1 aromatic carbocycles. The van der Waals surface area contributed by atoms with Crippen LogP contribution in [-0.2, 0) is 10.0 Å². The number of aromatic nitrogens is 2. The molecule has 0 unspecified atom stereocenters. The maximum Gasteiger partial charge on any atom is 0.273 e. The number of sulfonamides is 1. The van der Waals surface area contributed by atoms with Gasteiger partial charge in [0.1, 0.15) is 16.3 Å². The number of carbonyl (C=O) groups is 1. The van der Waals surface area contributed by atoms with E-state index in [-0.39, 0.29) is 10.6 Å². The summed E-state index contributed by atoms with van der Waals surface area (Å²) in [5, 5.41) is 3.14. The number of amides is 1. The van der Waals surface area contributed by atoms with Crippen molar-refractivity contribution in [1.82, 2.24) is 14.3 Å². The van der Waals surface area contributed by atoms with Crippen molar-refractivity contribution in [1.29, 1.82) is 0 Å². The minimum Gasteiger partial charge on any atom is -0.497 e. The van der Waals surface area contributed by atoms with Crippen molar-refractivity contribution in [3.8, 4) is 5.75 Å². The van der Waals surface area contributed by atoms with Crippen LogP contribution in [0, 0.1) is 0 Å². The van der Waals surface area contributed by atoms with E-state index >= 15 is 0 Å². The molecule has 3 heterocycles. The van der Waals surface area contributed by atoms with Gasteiger partial charge in [-0.05, 0) is 37.1 Å². The molecular formula is C17H18N4O4S2. The normalized spacial score (nSPS) is 15.3. The molecule has 0 atom stereocenters. The van der Waals surface area contributed by atoms with Crippen LogP contribution in [-0.4, -0.2) is 48.8 Å². The number of benzene rings is 1. The number of nitrogens with zero attached hydrogens (tertiary/aromatic N) is 2. The third-order valence-corrected chi connectivity index (χ3v) is 7.23. The van der Waals surface area contributed by atoms with Gasteiger partial charge < -0.3 is 9.72 Å². The molecule has 142 valence electrons. The number of H-pyrrole nitrogens is 1. The van der Waals surface area contributed by atoms with Crippen LogP contribution in [0.25, 0.3) is 10.2 Å². The summed E-state index contributed by atoms with van der Waals surface area (Å²) in [6.45, 7) is 1.04. The number of aromatic amines is 1. The highest BCUT2D eigenvalue weighted by atomic mass is 32.2. The van der Waals surface area contributed by atoms with Gasteiger partial charge in [-0.15, -0.1) is 0 Å². The molecule has 8 nitrogen and oxygen atoms in total. The average Bonchev–Trinajstić information content (AvgIpc) is 3.40. The van der Waals surface area contributed by atoms with Gasteiger partial charge in [-0.2, -0.15) is 4.31 Å². The molecule has 0 aliphatic carbocycles. The third-order valence-electron chi connectivity index (χ3n) is 4.42. The van der Waals surface area contributed by atoms with Gasteiger partial charge in [-0.25, -0.2) is 13.4 Å². The zero-order valence-corrected chi connectivity index (χ0v) is 16.2. The largest absolute Gasteiger partial charge is 0.497 e. The Bertz CT molecular complexity index is 1100. The standard InChI is InChI=1S/C17H18N4O4S2/c1-25-11-4-5-13-15(8-11)26-17(19-13)20-16(22)14-9-12(10-18-14)27(23,24)21-6-2-3-7-21/h4-5,8-10,18H,2-3,6-7H2,1H3,(H,19,20,22). The fourth-order valence-corrected chi connectivity index (χ4v) is 5.38. The first-order valence-corrected chi connectivity index (χ1v) is 10.7. The number of anilines is 1. The summed E-state index contributed by atoms with van der Waals surface area (Å²) in [5.74, 6) is 0.272. The molecule has 0 bridgehead atoms. The second-order valence-electron chi connectivity index (χ2n) is 6.17. The van der Waals surface area contributed by atoms with Gasteiger partial charge >= 0.3 is 0 Å². The van der Waals surface area contributed by atoms with Crippen LogP contribution >= 0.6 is 11.3 Å². The van der Waals surface area contributed by atoms with E-state index < -0.39 is 15.9 Å². The average molecular weight is 406 g/mol. The van der Waals surface area contributed by atoms with Gasteiger partial charge in [0.2, 0.25) is 10.0 Å². The minimum atomic E-state index is -3.56. The molecule has 3 aromatic rings. The summed E-state index contributed by atoms with van der Waals surface area (Å²) in [7, 11) is -1.97. The van der Waals surface area contributed by atoms with Crippen LogP contribution < -0.4 is 10.1 Å². The molecule has 4 rings (SSSR count). The van der Waals surface area contributed by atoms with E-state index in [1.807, 2.05) is 12.1 Å². The van der Waals surface area contributed by atoms with E-state index in [9.17, 15) is 13.2 Å². The lowest BCUT2D eigenvalue weighted by Gasteiger charge is -2.13. The first-order valence-electron chi connectivity index (χ1n) is 8.42. The summed E-state index contributed by atoms with van der Waals surface area (Å²) in [4.78, 5) is 19.7. The Hall–Kier alpha value is -2.43. The molecule has 10 heteroatoms. The van der Waals surface area contributed by atoms with Gasteiger partial charge in [-0.3, -0.25) is 10.1 Å². The molecule has 1 amide bonds. The fraction of sp³-hybridized carbons (Fsp3) is 0.294. The van der Waals surface area contributed by atoms with E-state index in [4.69, 9.17) is 4.74 Å². The van der Waals surface area contributed by atoms with Gasteiger partial charge in [0.15, 0.2) is 5.13 Å². The maximum atomic E-state index is 12.6. The zero-order valence-electron chi connectivity index (χ0n) is 14.6. The molecule has 1 fully saturated rings. The van der Waals surface area contributed by atoms with Crippen molar-refractivity contribution in [3.63, 3.8) is 0 Å². The Balaban J connectivity index is 1.53. The van der Waals surface area contributed by atoms with E-state index in [0.717, 1.165) is 23.1 Å². The van der Waals surface area contributed by atoms with E-state index in [2.05, 4.69) is 15.3 Å². The van der Waals surface area contributed by atoms with Crippen LogP contribution in [0.5, 0.6) is 5.75 Å². The number of ether oxygens (including phenoxy) is 1. The number of hydrogen-bond acceptors (Lipinski definition) is 6. The van der Waals surface area contributed by atoms with Crippen molar-refractivity contribution in [2.45, 2.75) is 17.7 Å². The van der Waals surface area contributed by atoms with Crippen molar-refractivity contribution in [2.24, 2.45) is 0 Å². The van der Waals surface area contributed by atoms with Crippen LogP contribution in [0.3, 0.4) is 0 Å².